The highest BCUT2D eigenvalue weighted by Gasteiger charge is 2.13. The minimum absolute atomic E-state index is 0.0486. The first-order chi connectivity index (χ1) is 11.9. The number of hydrogen-bond acceptors (Lipinski definition) is 7. The van der Waals surface area contributed by atoms with Gasteiger partial charge in [0.25, 0.3) is 11.2 Å². The predicted molar refractivity (Wildman–Crippen MR) is 94.7 cm³/mol. The number of non-ortho nitro benzene ring substituents is 1. The molecule has 0 saturated carbocycles. The van der Waals surface area contributed by atoms with Gasteiger partial charge in [0, 0.05) is 18.8 Å². The standard InChI is InChI=1S/C15H14N4O5S/c1-3-6-18-14(21)10(13(20)17-15(18)25)8-16-11-5-4-9(19(22)23)7-12(11)24-2/h3-5,7-8,21H,1,6H2,2H3,(H,17,20,25). The largest absolute Gasteiger partial charge is 0.494 e. The van der Waals surface area contributed by atoms with E-state index in [2.05, 4.69) is 16.6 Å². The summed E-state index contributed by atoms with van der Waals surface area (Å²) in [5.41, 5.74) is -0.635. The van der Waals surface area contributed by atoms with Crippen molar-refractivity contribution in [2.75, 3.05) is 7.11 Å². The zero-order valence-electron chi connectivity index (χ0n) is 13.1. The van der Waals surface area contributed by atoms with Crippen molar-refractivity contribution in [1.82, 2.24) is 9.55 Å². The number of aromatic hydroxyl groups is 1. The monoisotopic (exact) mass is 362 g/mol. The van der Waals surface area contributed by atoms with E-state index in [4.69, 9.17) is 17.0 Å². The number of nitro benzene ring substituents is 1. The lowest BCUT2D eigenvalue weighted by Crippen LogP contribution is -2.18. The Bertz CT molecular complexity index is 977. The summed E-state index contributed by atoms with van der Waals surface area (Å²) in [6, 6.07) is 3.84. The maximum Gasteiger partial charge on any atom is 0.273 e. The number of nitrogens with one attached hydrogen (secondary N) is 1. The van der Waals surface area contributed by atoms with Gasteiger partial charge in [-0.2, -0.15) is 0 Å². The van der Waals surface area contributed by atoms with Crippen LogP contribution in [0.5, 0.6) is 11.6 Å². The van der Waals surface area contributed by atoms with Gasteiger partial charge in [0.2, 0.25) is 5.88 Å². The molecule has 1 aromatic heterocycles. The molecule has 2 aromatic rings. The third kappa shape index (κ3) is 3.80. The van der Waals surface area contributed by atoms with E-state index in [1.807, 2.05) is 0 Å². The molecule has 0 aliphatic rings. The van der Waals surface area contributed by atoms with Gasteiger partial charge in [-0.25, -0.2) is 0 Å². The molecule has 1 heterocycles. The number of ether oxygens (including phenoxy) is 1. The summed E-state index contributed by atoms with van der Waals surface area (Å²) in [5, 5.41) is 21.0. The van der Waals surface area contributed by atoms with Crippen LogP contribution in [0.1, 0.15) is 5.56 Å². The molecular formula is C15H14N4O5S. The third-order valence-corrected chi connectivity index (χ3v) is 3.55. The first-order valence-corrected chi connectivity index (χ1v) is 7.33. The highest BCUT2D eigenvalue weighted by molar-refractivity contribution is 7.71. The Morgan fingerprint density at radius 3 is 2.88 bits per heavy atom. The molecular weight excluding hydrogens is 348 g/mol. The van der Waals surface area contributed by atoms with Gasteiger partial charge >= 0.3 is 0 Å². The Hall–Kier alpha value is -3.27. The van der Waals surface area contributed by atoms with Crippen LogP contribution in [0.2, 0.25) is 0 Å². The number of aromatic amines is 1. The number of benzene rings is 1. The fourth-order valence-corrected chi connectivity index (χ4v) is 2.26. The highest BCUT2D eigenvalue weighted by atomic mass is 32.1. The van der Waals surface area contributed by atoms with Crippen LogP contribution < -0.4 is 10.3 Å². The van der Waals surface area contributed by atoms with Crippen molar-refractivity contribution >= 4 is 29.8 Å². The second kappa shape index (κ2) is 7.53. The van der Waals surface area contributed by atoms with Crippen LogP contribution in [-0.2, 0) is 6.54 Å². The summed E-state index contributed by atoms with van der Waals surface area (Å²) in [4.78, 5) is 28.7. The summed E-state index contributed by atoms with van der Waals surface area (Å²) in [6.45, 7) is 3.75. The van der Waals surface area contributed by atoms with E-state index >= 15 is 0 Å². The smallest absolute Gasteiger partial charge is 0.273 e. The number of nitrogens with zero attached hydrogens (tertiary/aromatic N) is 3. The summed E-state index contributed by atoms with van der Waals surface area (Å²) >= 11 is 4.98. The number of rotatable bonds is 6. The molecule has 130 valence electrons. The fourth-order valence-electron chi connectivity index (χ4n) is 2.01. The fraction of sp³-hybridized carbons (Fsp3) is 0.133. The van der Waals surface area contributed by atoms with Crippen LogP contribution in [0.4, 0.5) is 11.4 Å². The number of nitro groups is 1. The van der Waals surface area contributed by atoms with Crippen molar-refractivity contribution in [3.63, 3.8) is 0 Å². The summed E-state index contributed by atoms with van der Waals surface area (Å²) < 4.78 is 6.39. The van der Waals surface area contributed by atoms with Crippen LogP contribution in [0.15, 0.2) is 40.6 Å². The van der Waals surface area contributed by atoms with E-state index in [0.717, 1.165) is 6.21 Å². The van der Waals surface area contributed by atoms with Crippen LogP contribution in [0, 0.1) is 14.9 Å². The molecule has 1 aromatic carbocycles. The van der Waals surface area contributed by atoms with Gasteiger partial charge in [0.05, 0.1) is 18.1 Å². The molecule has 10 heteroatoms. The van der Waals surface area contributed by atoms with Gasteiger partial charge < -0.3 is 9.84 Å². The van der Waals surface area contributed by atoms with Crippen molar-refractivity contribution in [3.8, 4) is 11.6 Å². The Labute approximate surface area is 146 Å². The number of hydrogen-bond donors (Lipinski definition) is 2. The summed E-state index contributed by atoms with van der Waals surface area (Å²) in [7, 11) is 1.34. The first kappa shape index (κ1) is 18.1. The number of methoxy groups -OCH3 is 1. The van der Waals surface area contributed by atoms with E-state index in [9.17, 15) is 20.0 Å². The number of allylic oxidation sites excluding steroid dienone is 1. The quantitative estimate of drug-likeness (QED) is 0.267. The Kier molecular flexibility index (Phi) is 5.45. The van der Waals surface area contributed by atoms with Crippen LogP contribution in [0.3, 0.4) is 0 Å². The van der Waals surface area contributed by atoms with E-state index in [-0.39, 0.29) is 39.9 Å². The molecule has 2 rings (SSSR count). The highest BCUT2D eigenvalue weighted by Crippen LogP contribution is 2.31. The topological polar surface area (TPSA) is 123 Å². The SMILES string of the molecule is C=CCn1c(O)c(C=Nc2ccc([N+](=O)[O-])cc2OC)c(=O)[nH]c1=S. The lowest BCUT2D eigenvalue weighted by Gasteiger charge is -2.08. The molecule has 0 atom stereocenters. The second-order valence-electron chi connectivity index (χ2n) is 4.77. The Morgan fingerprint density at radius 1 is 1.56 bits per heavy atom. The third-order valence-electron chi connectivity index (χ3n) is 3.23. The van der Waals surface area contributed by atoms with E-state index in [0.29, 0.717) is 0 Å². The molecule has 0 aliphatic carbocycles. The molecule has 9 nitrogen and oxygen atoms in total. The molecule has 2 N–H and O–H groups in total. The Morgan fingerprint density at radius 2 is 2.28 bits per heavy atom. The minimum Gasteiger partial charge on any atom is -0.494 e. The van der Waals surface area contributed by atoms with Gasteiger partial charge in [-0.3, -0.25) is 29.5 Å². The normalized spacial score (nSPS) is 10.8. The minimum atomic E-state index is -0.618. The average Bonchev–Trinajstić information content (AvgIpc) is 2.58. The Balaban J connectivity index is 2.51. The molecule has 0 fully saturated rings. The van der Waals surface area contributed by atoms with Crippen LogP contribution >= 0.6 is 12.2 Å². The second-order valence-corrected chi connectivity index (χ2v) is 5.15. The van der Waals surface area contributed by atoms with E-state index in [1.165, 1.54) is 36.0 Å². The van der Waals surface area contributed by atoms with Crippen molar-refractivity contribution < 1.29 is 14.8 Å². The van der Waals surface area contributed by atoms with Gasteiger partial charge in [-0.05, 0) is 18.3 Å². The summed E-state index contributed by atoms with van der Waals surface area (Å²) in [5.74, 6) is -0.210. The van der Waals surface area contributed by atoms with Crippen LogP contribution in [0.25, 0.3) is 0 Å². The molecule has 0 amide bonds. The van der Waals surface area contributed by atoms with Crippen molar-refractivity contribution in [2.24, 2.45) is 4.99 Å². The molecule has 25 heavy (non-hydrogen) atoms. The maximum atomic E-state index is 12.0. The van der Waals surface area contributed by atoms with Gasteiger partial charge in [0.15, 0.2) is 10.5 Å². The molecule has 0 aliphatic heterocycles. The number of H-pyrrole nitrogens is 1. The van der Waals surface area contributed by atoms with Crippen molar-refractivity contribution in [1.29, 1.82) is 0 Å². The molecule has 0 spiro atoms. The molecule has 0 radical (unpaired) electrons. The van der Waals surface area contributed by atoms with Gasteiger partial charge in [0.1, 0.15) is 11.3 Å². The van der Waals surface area contributed by atoms with Crippen molar-refractivity contribution in [3.05, 3.63) is 61.7 Å². The first-order valence-electron chi connectivity index (χ1n) is 6.92. The number of aromatic nitrogens is 2. The van der Waals surface area contributed by atoms with E-state index in [1.54, 1.807) is 0 Å². The lowest BCUT2D eigenvalue weighted by atomic mass is 10.2. The van der Waals surface area contributed by atoms with Gasteiger partial charge in [-0.1, -0.05) is 6.08 Å². The zero-order valence-corrected chi connectivity index (χ0v) is 13.9. The molecule has 0 bridgehead atoms. The average molecular weight is 362 g/mol. The van der Waals surface area contributed by atoms with Crippen molar-refractivity contribution in [2.45, 2.75) is 6.54 Å². The maximum absolute atomic E-state index is 12.0. The lowest BCUT2D eigenvalue weighted by molar-refractivity contribution is -0.384. The molecule has 0 saturated heterocycles. The zero-order chi connectivity index (χ0) is 18.6. The van der Waals surface area contributed by atoms with Crippen LogP contribution in [-0.4, -0.2) is 32.9 Å². The van der Waals surface area contributed by atoms with Gasteiger partial charge in [-0.15, -0.1) is 6.58 Å². The summed E-state index contributed by atoms with van der Waals surface area (Å²) in [6.07, 6.45) is 2.64. The number of aliphatic imine (C=N–C) groups is 1. The predicted octanol–water partition coefficient (Wildman–Crippen LogP) is 2.46. The van der Waals surface area contributed by atoms with E-state index < -0.39 is 10.5 Å². The molecule has 0 unspecified atom stereocenters.